The molecule has 0 saturated carbocycles. The number of rotatable bonds is 7. The van der Waals surface area contributed by atoms with Crippen LogP contribution in [0.15, 0.2) is 54.6 Å². The summed E-state index contributed by atoms with van der Waals surface area (Å²) >= 11 is 0. The quantitative estimate of drug-likeness (QED) is 0.426. The van der Waals surface area contributed by atoms with Gasteiger partial charge in [-0.2, -0.15) is 0 Å². The zero-order valence-corrected chi connectivity index (χ0v) is 18.9. The number of halogens is 1. The Labute approximate surface area is 185 Å². The summed E-state index contributed by atoms with van der Waals surface area (Å²) in [6, 6.07) is 13.4. The third-order valence-electron chi connectivity index (χ3n) is 4.86. The van der Waals surface area contributed by atoms with Gasteiger partial charge in [-0.25, -0.2) is 17.6 Å². The number of hydrogen-bond donors (Lipinski definition) is 1. The van der Waals surface area contributed by atoms with Crippen molar-refractivity contribution in [2.45, 2.75) is 26.9 Å². The molecule has 1 aromatic heterocycles. The maximum absolute atomic E-state index is 13.2. The van der Waals surface area contributed by atoms with Gasteiger partial charge in [-0.15, -0.1) is 0 Å². The van der Waals surface area contributed by atoms with Crippen LogP contribution < -0.4 is 4.72 Å². The van der Waals surface area contributed by atoms with Crippen molar-refractivity contribution in [3.05, 3.63) is 82.9 Å². The molecular formula is C23H23FN2O5S. The number of nitrogens with one attached hydrogen (secondary N) is 1. The van der Waals surface area contributed by atoms with Gasteiger partial charge < -0.3 is 9.30 Å². The zero-order chi connectivity index (χ0) is 23.6. The molecule has 0 aliphatic heterocycles. The van der Waals surface area contributed by atoms with Crippen molar-refractivity contribution in [1.29, 1.82) is 0 Å². The minimum absolute atomic E-state index is 0.279. The predicted octanol–water partition coefficient (Wildman–Crippen LogP) is 4.03. The van der Waals surface area contributed by atoms with Crippen LogP contribution in [0.2, 0.25) is 0 Å². The van der Waals surface area contributed by atoms with Crippen molar-refractivity contribution in [3.63, 3.8) is 0 Å². The first-order valence-electron chi connectivity index (χ1n) is 9.74. The lowest BCUT2D eigenvalue weighted by Gasteiger charge is -2.13. The highest BCUT2D eigenvalue weighted by atomic mass is 32.2. The molecule has 168 valence electrons. The zero-order valence-electron chi connectivity index (χ0n) is 18.0. The van der Waals surface area contributed by atoms with E-state index >= 15 is 0 Å². The summed E-state index contributed by atoms with van der Waals surface area (Å²) in [5, 5.41) is 0. The normalized spacial score (nSPS) is 12.3. The average Bonchev–Trinajstić information content (AvgIpc) is 3.02. The third kappa shape index (κ3) is 5.23. The molecule has 0 spiro atoms. The molecule has 3 rings (SSSR count). The van der Waals surface area contributed by atoms with Crippen LogP contribution in [0.25, 0.3) is 5.69 Å². The fraction of sp³-hybridized carbons (Fsp3) is 0.217. The molecule has 7 nitrogen and oxygen atoms in total. The van der Waals surface area contributed by atoms with Gasteiger partial charge in [0.25, 0.3) is 0 Å². The fourth-order valence-electron chi connectivity index (χ4n) is 3.39. The van der Waals surface area contributed by atoms with E-state index in [4.69, 9.17) is 4.74 Å². The standard InChI is InChI=1S/C23H23FN2O5S/c1-14-13-21(15(2)26(14)20-11-7-18(24)8-12-20)23(28)31-16(3)22(27)17-5-9-19(10-6-17)25-32(4,29)30/h5-13,16,25H,1-4H3. The molecule has 1 atom stereocenters. The maximum atomic E-state index is 13.2. The van der Waals surface area contributed by atoms with Gasteiger partial charge in [-0.1, -0.05) is 0 Å². The monoisotopic (exact) mass is 458 g/mol. The second-order valence-corrected chi connectivity index (χ2v) is 9.21. The first-order chi connectivity index (χ1) is 15.0. The maximum Gasteiger partial charge on any atom is 0.340 e. The number of ketones is 1. The van der Waals surface area contributed by atoms with E-state index in [1.807, 2.05) is 6.92 Å². The molecule has 0 aliphatic carbocycles. The lowest BCUT2D eigenvalue weighted by molar-refractivity contribution is 0.0318. The van der Waals surface area contributed by atoms with E-state index in [-0.39, 0.29) is 11.4 Å². The van der Waals surface area contributed by atoms with E-state index < -0.39 is 27.9 Å². The van der Waals surface area contributed by atoms with E-state index in [2.05, 4.69) is 4.72 Å². The van der Waals surface area contributed by atoms with Crippen molar-refractivity contribution in [2.24, 2.45) is 0 Å². The number of nitrogens with zero attached hydrogens (tertiary/aromatic N) is 1. The summed E-state index contributed by atoms with van der Waals surface area (Å²) in [6.07, 6.45) is -0.0224. The Morgan fingerprint density at radius 1 is 1.03 bits per heavy atom. The van der Waals surface area contributed by atoms with Crippen LogP contribution in [-0.4, -0.2) is 37.1 Å². The molecule has 0 bridgehead atoms. The number of carbonyl (C=O) groups is 2. The summed E-state index contributed by atoms with van der Waals surface area (Å²) in [5.74, 6) is -1.43. The van der Waals surface area contributed by atoms with Gasteiger partial charge >= 0.3 is 5.97 Å². The van der Waals surface area contributed by atoms with Crippen molar-refractivity contribution in [3.8, 4) is 5.69 Å². The molecule has 32 heavy (non-hydrogen) atoms. The lowest BCUT2D eigenvalue weighted by Crippen LogP contribution is -2.24. The van der Waals surface area contributed by atoms with Gasteiger partial charge in [0.15, 0.2) is 6.10 Å². The number of aromatic nitrogens is 1. The number of esters is 1. The Kier molecular flexibility index (Phi) is 6.50. The summed E-state index contributed by atoms with van der Waals surface area (Å²) in [6.45, 7) is 5.03. The van der Waals surface area contributed by atoms with Crippen LogP contribution in [0.5, 0.6) is 0 Å². The highest BCUT2D eigenvalue weighted by molar-refractivity contribution is 7.92. The summed E-state index contributed by atoms with van der Waals surface area (Å²) in [4.78, 5) is 25.4. The van der Waals surface area contributed by atoms with E-state index in [9.17, 15) is 22.4 Å². The number of aryl methyl sites for hydroxylation is 1. The average molecular weight is 459 g/mol. The van der Waals surface area contributed by atoms with Gasteiger partial charge in [-0.3, -0.25) is 9.52 Å². The lowest BCUT2D eigenvalue weighted by atomic mass is 10.1. The summed E-state index contributed by atoms with van der Waals surface area (Å²) in [7, 11) is -3.43. The minimum Gasteiger partial charge on any atom is -0.451 e. The molecule has 0 saturated heterocycles. The van der Waals surface area contributed by atoms with Crippen molar-refractivity contribution >= 4 is 27.5 Å². The highest BCUT2D eigenvalue weighted by Crippen LogP contribution is 2.23. The third-order valence-corrected chi connectivity index (χ3v) is 5.47. The van der Waals surface area contributed by atoms with Gasteiger partial charge in [0.1, 0.15) is 5.82 Å². The molecule has 1 unspecified atom stereocenters. The Morgan fingerprint density at radius 2 is 1.62 bits per heavy atom. The largest absolute Gasteiger partial charge is 0.451 e. The highest BCUT2D eigenvalue weighted by Gasteiger charge is 2.24. The second kappa shape index (κ2) is 8.96. The molecule has 3 aromatic rings. The SMILES string of the molecule is Cc1cc(C(=O)OC(C)C(=O)c2ccc(NS(C)(=O)=O)cc2)c(C)n1-c1ccc(F)cc1. The van der Waals surface area contributed by atoms with E-state index in [0.717, 1.165) is 11.9 Å². The van der Waals surface area contributed by atoms with Crippen molar-refractivity contribution < 1.29 is 27.1 Å². The molecule has 0 amide bonds. The van der Waals surface area contributed by atoms with Crippen molar-refractivity contribution in [1.82, 2.24) is 4.57 Å². The first-order valence-corrected chi connectivity index (χ1v) is 11.6. The molecule has 9 heteroatoms. The number of hydrogen-bond acceptors (Lipinski definition) is 5. The van der Waals surface area contributed by atoms with Crippen molar-refractivity contribution in [2.75, 3.05) is 11.0 Å². The van der Waals surface area contributed by atoms with Crippen LogP contribution in [0.1, 0.15) is 39.0 Å². The second-order valence-electron chi connectivity index (χ2n) is 7.46. The number of ether oxygens (including phenoxy) is 1. The van der Waals surface area contributed by atoms with E-state index in [1.54, 1.807) is 29.7 Å². The van der Waals surface area contributed by atoms with Crippen LogP contribution >= 0.6 is 0 Å². The number of Topliss-reactive ketones (excluding diaryl/α,β-unsaturated/α-hetero) is 1. The van der Waals surface area contributed by atoms with Gasteiger partial charge in [0, 0.05) is 28.3 Å². The number of sulfonamides is 1. The number of anilines is 1. The molecule has 0 fully saturated rings. The molecule has 2 aromatic carbocycles. The smallest absolute Gasteiger partial charge is 0.340 e. The van der Waals surface area contributed by atoms with Crippen LogP contribution in [0, 0.1) is 19.7 Å². The van der Waals surface area contributed by atoms with Gasteiger partial charge in [-0.05, 0) is 75.4 Å². The van der Waals surface area contributed by atoms with Crippen LogP contribution in [0.3, 0.4) is 0 Å². The molecule has 0 radical (unpaired) electrons. The first kappa shape index (κ1) is 23.2. The Bertz CT molecular complexity index is 1260. The minimum atomic E-state index is -3.43. The number of benzene rings is 2. The topological polar surface area (TPSA) is 94.5 Å². The predicted molar refractivity (Wildman–Crippen MR) is 119 cm³/mol. The van der Waals surface area contributed by atoms with Gasteiger partial charge in [0.05, 0.1) is 11.8 Å². The van der Waals surface area contributed by atoms with Gasteiger partial charge in [0.2, 0.25) is 15.8 Å². The Hall–Kier alpha value is -3.46. The van der Waals surface area contributed by atoms with Crippen LogP contribution in [-0.2, 0) is 14.8 Å². The summed E-state index contributed by atoms with van der Waals surface area (Å²) in [5.41, 5.74) is 2.97. The van der Waals surface area contributed by atoms with Crippen LogP contribution in [0.4, 0.5) is 10.1 Å². The summed E-state index contributed by atoms with van der Waals surface area (Å²) < 4.78 is 45.3. The molecular weight excluding hydrogens is 435 g/mol. The molecule has 1 heterocycles. The Morgan fingerprint density at radius 3 is 2.19 bits per heavy atom. The van der Waals surface area contributed by atoms with E-state index in [1.165, 1.54) is 43.3 Å². The van der Waals surface area contributed by atoms with E-state index in [0.29, 0.717) is 22.6 Å². The molecule has 1 N–H and O–H groups in total. The number of carbonyl (C=O) groups excluding carboxylic acids is 2. The Balaban J connectivity index is 1.75. The fourth-order valence-corrected chi connectivity index (χ4v) is 3.95. The molecule has 0 aliphatic rings.